The maximum atomic E-state index is 13.3. The molecule has 0 bridgehead atoms. The monoisotopic (exact) mass is 277 g/mol. The highest BCUT2D eigenvalue weighted by atomic mass is 35.5. The molecule has 0 saturated carbocycles. The Bertz CT molecular complexity index is 631. The van der Waals surface area contributed by atoms with Crippen molar-refractivity contribution in [2.45, 2.75) is 0 Å². The summed E-state index contributed by atoms with van der Waals surface area (Å²) < 4.78 is 13.3. The highest BCUT2D eigenvalue weighted by Crippen LogP contribution is 2.10. The lowest BCUT2D eigenvalue weighted by molar-refractivity contribution is 0.0955. The molecular weight excluding hydrogens is 269 g/mol. The van der Waals surface area contributed by atoms with Crippen molar-refractivity contribution in [3.8, 4) is 0 Å². The summed E-state index contributed by atoms with van der Waals surface area (Å²) in [6.45, 7) is 0. The SMILES string of the molecule is O=C(NN=Cc1ccccc1F)c1cccnc1Cl. The van der Waals surface area contributed by atoms with E-state index >= 15 is 0 Å². The fourth-order valence-corrected chi connectivity index (χ4v) is 1.56. The number of hydrogen-bond acceptors (Lipinski definition) is 3. The molecule has 19 heavy (non-hydrogen) atoms. The normalized spacial score (nSPS) is 10.6. The van der Waals surface area contributed by atoms with E-state index in [0.29, 0.717) is 0 Å². The van der Waals surface area contributed by atoms with Crippen LogP contribution in [-0.4, -0.2) is 17.1 Å². The van der Waals surface area contributed by atoms with Crippen molar-refractivity contribution in [2.75, 3.05) is 0 Å². The molecule has 1 aromatic carbocycles. The van der Waals surface area contributed by atoms with Crippen molar-refractivity contribution in [1.82, 2.24) is 10.4 Å². The van der Waals surface area contributed by atoms with Crippen LogP contribution in [0, 0.1) is 5.82 Å². The van der Waals surface area contributed by atoms with Crippen LogP contribution < -0.4 is 5.43 Å². The van der Waals surface area contributed by atoms with E-state index in [1.165, 1.54) is 24.5 Å². The molecule has 0 radical (unpaired) electrons. The zero-order chi connectivity index (χ0) is 13.7. The zero-order valence-corrected chi connectivity index (χ0v) is 10.4. The molecule has 0 saturated heterocycles. The fraction of sp³-hybridized carbons (Fsp3) is 0. The number of nitrogens with one attached hydrogen (secondary N) is 1. The average molecular weight is 278 g/mol. The number of amides is 1. The zero-order valence-electron chi connectivity index (χ0n) is 9.68. The highest BCUT2D eigenvalue weighted by Gasteiger charge is 2.09. The van der Waals surface area contributed by atoms with E-state index < -0.39 is 11.7 Å². The van der Waals surface area contributed by atoms with Gasteiger partial charge in [0.25, 0.3) is 5.91 Å². The van der Waals surface area contributed by atoms with Crippen molar-refractivity contribution in [3.63, 3.8) is 0 Å². The summed E-state index contributed by atoms with van der Waals surface area (Å²) in [7, 11) is 0. The van der Waals surface area contributed by atoms with Crippen LogP contribution in [0.2, 0.25) is 5.15 Å². The number of carbonyl (C=O) groups is 1. The molecule has 0 aliphatic heterocycles. The first-order valence-electron chi connectivity index (χ1n) is 5.37. The van der Waals surface area contributed by atoms with Gasteiger partial charge in [-0.15, -0.1) is 0 Å². The summed E-state index contributed by atoms with van der Waals surface area (Å²) in [5, 5.41) is 3.75. The first kappa shape index (κ1) is 13.2. The van der Waals surface area contributed by atoms with E-state index in [1.54, 1.807) is 24.3 Å². The number of nitrogens with zero attached hydrogens (tertiary/aromatic N) is 2. The van der Waals surface area contributed by atoms with Gasteiger partial charge in [-0.25, -0.2) is 14.8 Å². The van der Waals surface area contributed by atoms with E-state index in [4.69, 9.17) is 11.6 Å². The molecule has 0 atom stereocenters. The van der Waals surface area contributed by atoms with Crippen LogP contribution in [0.3, 0.4) is 0 Å². The van der Waals surface area contributed by atoms with Crippen LogP contribution in [-0.2, 0) is 0 Å². The summed E-state index contributed by atoms with van der Waals surface area (Å²) in [6, 6.07) is 9.19. The number of carbonyl (C=O) groups excluding carboxylic acids is 1. The molecule has 0 spiro atoms. The van der Waals surface area contributed by atoms with Crippen LogP contribution in [0.1, 0.15) is 15.9 Å². The molecule has 0 aliphatic carbocycles. The maximum Gasteiger partial charge on any atom is 0.274 e. The van der Waals surface area contributed by atoms with Crippen LogP contribution in [0.4, 0.5) is 4.39 Å². The second kappa shape index (κ2) is 6.06. The van der Waals surface area contributed by atoms with Gasteiger partial charge in [-0.3, -0.25) is 4.79 Å². The highest BCUT2D eigenvalue weighted by molar-refractivity contribution is 6.32. The van der Waals surface area contributed by atoms with E-state index in [-0.39, 0.29) is 16.3 Å². The summed E-state index contributed by atoms with van der Waals surface area (Å²) >= 11 is 5.76. The lowest BCUT2D eigenvalue weighted by Gasteiger charge is -2.01. The van der Waals surface area contributed by atoms with Crippen molar-refractivity contribution in [3.05, 3.63) is 64.7 Å². The molecule has 0 fully saturated rings. The summed E-state index contributed by atoms with van der Waals surface area (Å²) in [5.41, 5.74) is 2.74. The van der Waals surface area contributed by atoms with Crippen LogP contribution in [0.25, 0.3) is 0 Å². The number of hydrazone groups is 1. The molecule has 2 rings (SSSR count). The van der Waals surface area contributed by atoms with Gasteiger partial charge in [-0.05, 0) is 18.2 Å². The lowest BCUT2D eigenvalue weighted by Crippen LogP contribution is -2.18. The Labute approximate surface area is 113 Å². The molecule has 6 heteroatoms. The van der Waals surface area contributed by atoms with E-state index in [9.17, 15) is 9.18 Å². The number of benzene rings is 1. The molecule has 96 valence electrons. The minimum Gasteiger partial charge on any atom is -0.267 e. The van der Waals surface area contributed by atoms with Gasteiger partial charge in [0.2, 0.25) is 0 Å². The number of pyridine rings is 1. The standard InChI is InChI=1S/C13H9ClFN3O/c14-12-10(5-3-7-16-12)13(19)18-17-8-9-4-1-2-6-11(9)15/h1-8H,(H,18,19). The Balaban J connectivity index is 2.06. The number of hydrogen-bond donors (Lipinski definition) is 1. The molecule has 4 nitrogen and oxygen atoms in total. The molecular formula is C13H9ClFN3O. The molecule has 1 aromatic heterocycles. The number of aromatic nitrogens is 1. The third-order valence-corrected chi connectivity index (χ3v) is 2.58. The fourth-order valence-electron chi connectivity index (χ4n) is 1.36. The van der Waals surface area contributed by atoms with Gasteiger partial charge in [-0.1, -0.05) is 29.8 Å². The second-order valence-corrected chi connectivity index (χ2v) is 3.92. The molecule has 2 aromatic rings. The molecule has 1 heterocycles. The van der Waals surface area contributed by atoms with Gasteiger partial charge >= 0.3 is 0 Å². The minimum atomic E-state index is -0.509. The Hall–Kier alpha value is -2.27. The summed E-state index contributed by atoms with van der Waals surface area (Å²) in [5.74, 6) is -0.925. The molecule has 1 N–H and O–H groups in total. The summed E-state index contributed by atoms with van der Waals surface area (Å²) in [6.07, 6.45) is 2.69. The quantitative estimate of drug-likeness (QED) is 0.533. The Morgan fingerprint density at radius 2 is 2.11 bits per heavy atom. The van der Waals surface area contributed by atoms with Gasteiger partial charge in [0.05, 0.1) is 11.8 Å². The Morgan fingerprint density at radius 1 is 1.32 bits per heavy atom. The first-order chi connectivity index (χ1) is 9.18. The van der Waals surface area contributed by atoms with Gasteiger partial charge < -0.3 is 0 Å². The van der Waals surface area contributed by atoms with Gasteiger partial charge in [0.15, 0.2) is 0 Å². The minimum absolute atomic E-state index is 0.0843. The van der Waals surface area contributed by atoms with Crippen LogP contribution in [0.15, 0.2) is 47.7 Å². The number of halogens is 2. The molecule has 1 amide bonds. The first-order valence-corrected chi connectivity index (χ1v) is 5.75. The van der Waals surface area contributed by atoms with Crippen molar-refractivity contribution < 1.29 is 9.18 Å². The van der Waals surface area contributed by atoms with Crippen LogP contribution in [0.5, 0.6) is 0 Å². The third-order valence-electron chi connectivity index (χ3n) is 2.28. The summed E-state index contributed by atoms with van der Waals surface area (Å²) in [4.78, 5) is 15.5. The predicted octanol–water partition coefficient (Wildman–Crippen LogP) is 2.64. The van der Waals surface area contributed by atoms with Gasteiger partial charge in [-0.2, -0.15) is 5.10 Å². The maximum absolute atomic E-state index is 13.3. The van der Waals surface area contributed by atoms with E-state index in [1.807, 2.05) is 0 Å². The average Bonchev–Trinajstić information content (AvgIpc) is 2.41. The Kier molecular flexibility index (Phi) is 4.20. The van der Waals surface area contributed by atoms with Crippen molar-refractivity contribution in [2.24, 2.45) is 5.10 Å². The van der Waals surface area contributed by atoms with Crippen molar-refractivity contribution in [1.29, 1.82) is 0 Å². The topological polar surface area (TPSA) is 54.4 Å². The lowest BCUT2D eigenvalue weighted by atomic mass is 10.2. The van der Waals surface area contributed by atoms with Gasteiger partial charge in [0.1, 0.15) is 11.0 Å². The second-order valence-electron chi connectivity index (χ2n) is 3.56. The van der Waals surface area contributed by atoms with E-state index in [0.717, 1.165) is 0 Å². The Morgan fingerprint density at radius 3 is 2.84 bits per heavy atom. The van der Waals surface area contributed by atoms with Crippen molar-refractivity contribution >= 4 is 23.7 Å². The largest absolute Gasteiger partial charge is 0.274 e. The van der Waals surface area contributed by atoms with E-state index in [2.05, 4.69) is 15.5 Å². The molecule has 0 aliphatic rings. The third kappa shape index (κ3) is 3.35. The van der Waals surface area contributed by atoms with Gasteiger partial charge in [0, 0.05) is 11.8 Å². The molecule has 0 unspecified atom stereocenters. The van der Waals surface area contributed by atoms with Crippen LogP contribution >= 0.6 is 11.6 Å². The smallest absolute Gasteiger partial charge is 0.267 e. The number of rotatable bonds is 3. The predicted molar refractivity (Wildman–Crippen MR) is 70.7 cm³/mol.